The maximum atomic E-state index is 12.6. The molecule has 4 aromatic rings. The number of likely N-dealkylation sites (N-methyl/N-ethyl adjacent to an activating group) is 1. The van der Waals surface area contributed by atoms with E-state index in [4.69, 9.17) is 4.74 Å². The number of nitrogens with zero attached hydrogens (tertiary/aromatic N) is 3. The molecule has 156 valence electrons. The minimum absolute atomic E-state index is 0.0503. The van der Waals surface area contributed by atoms with Gasteiger partial charge in [0.25, 0.3) is 0 Å². The zero-order valence-electron chi connectivity index (χ0n) is 17.7. The van der Waals surface area contributed by atoms with E-state index in [2.05, 4.69) is 29.4 Å². The van der Waals surface area contributed by atoms with Crippen molar-refractivity contribution >= 4 is 22.8 Å². The molecule has 5 nitrogen and oxygen atoms in total. The highest BCUT2D eigenvalue weighted by atomic mass is 16.5. The van der Waals surface area contributed by atoms with E-state index in [0.717, 1.165) is 27.6 Å². The number of methoxy groups -OCH3 is 1. The molecule has 0 aliphatic rings. The van der Waals surface area contributed by atoms with Gasteiger partial charge in [0.05, 0.1) is 19.9 Å². The lowest BCUT2D eigenvalue weighted by atomic mass is 10.1. The maximum Gasteiger partial charge on any atom is 0.246 e. The van der Waals surface area contributed by atoms with Crippen molar-refractivity contribution in [3.63, 3.8) is 0 Å². The lowest BCUT2D eigenvalue weighted by Gasteiger charge is -2.15. The van der Waals surface area contributed by atoms with Crippen LogP contribution in [0, 0.1) is 0 Å². The molecule has 0 aliphatic heterocycles. The van der Waals surface area contributed by atoms with Crippen LogP contribution in [0.3, 0.4) is 0 Å². The number of carbonyl (C=O) groups excluding carboxylic acids is 1. The Labute approximate surface area is 182 Å². The molecular weight excluding hydrogens is 386 g/mol. The molecule has 0 radical (unpaired) electrons. The normalized spacial score (nSPS) is 11.2. The smallest absolute Gasteiger partial charge is 0.246 e. The highest BCUT2D eigenvalue weighted by molar-refractivity contribution is 5.91. The molecule has 0 unspecified atom stereocenters. The van der Waals surface area contributed by atoms with E-state index in [1.54, 1.807) is 30.4 Å². The average molecular weight is 412 g/mol. The Balaban J connectivity index is 1.37. The number of rotatable bonds is 7. The van der Waals surface area contributed by atoms with Crippen LogP contribution >= 0.6 is 0 Å². The third-order valence-corrected chi connectivity index (χ3v) is 5.17. The number of ether oxygens (including phenoxy) is 1. The summed E-state index contributed by atoms with van der Waals surface area (Å²) in [6, 6.07) is 22.4. The van der Waals surface area contributed by atoms with Crippen molar-refractivity contribution in [2.75, 3.05) is 14.2 Å². The van der Waals surface area contributed by atoms with Crippen molar-refractivity contribution in [2.45, 2.75) is 13.1 Å². The molecule has 0 saturated carbocycles. The van der Waals surface area contributed by atoms with Crippen LogP contribution in [0.25, 0.3) is 16.8 Å². The Kier molecular flexibility index (Phi) is 6.13. The van der Waals surface area contributed by atoms with Gasteiger partial charge in [-0.25, -0.2) is 0 Å². The van der Waals surface area contributed by atoms with E-state index >= 15 is 0 Å². The molecule has 5 heteroatoms. The molecule has 31 heavy (non-hydrogen) atoms. The highest BCUT2D eigenvalue weighted by Crippen LogP contribution is 2.22. The monoisotopic (exact) mass is 411 g/mol. The Morgan fingerprint density at radius 1 is 1.03 bits per heavy atom. The van der Waals surface area contributed by atoms with Crippen molar-refractivity contribution in [1.29, 1.82) is 0 Å². The van der Waals surface area contributed by atoms with Crippen LogP contribution in [0.1, 0.15) is 16.7 Å². The van der Waals surface area contributed by atoms with Crippen LogP contribution in [0.4, 0.5) is 0 Å². The van der Waals surface area contributed by atoms with Crippen LogP contribution in [0.2, 0.25) is 0 Å². The van der Waals surface area contributed by atoms with Crippen LogP contribution in [0.5, 0.6) is 5.75 Å². The molecule has 3 aromatic carbocycles. The topological polar surface area (TPSA) is 47.4 Å². The fraction of sp³-hybridized carbons (Fsp3) is 0.154. The van der Waals surface area contributed by atoms with Gasteiger partial charge in [-0.05, 0) is 46.2 Å². The number of fused-ring (bicyclic) bond motifs is 1. The molecule has 0 spiro atoms. The predicted molar refractivity (Wildman–Crippen MR) is 124 cm³/mol. The molecule has 0 fully saturated rings. The molecule has 0 bridgehead atoms. The van der Waals surface area contributed by atoms with Crippen molar-refractivity contribution in [3.8, 4) is 5.75 Å². The van der Waals surface area contributed by atoms with E-state index in [1.165, 1.54) is 5.56 Å². The molecular formula is C26H25N3O2. The summed E-state index contributed by atoms with van der Waals surface area (Å²) in [6.07, 6.45) is 7.11. The first-order valence-electron chi connectivity index (χ1n) is 10.2. The van der Waals surface area contributed by atoms with Crippen molar-refractivity contribution in [1.82, 2.24) is 14.7 Å². The molecule has 4 rings (SSSR count). The molecule has 1 heterocycles. The number of amides is 1. The van der Waals surface area contributed by atoms with Crippen LogP contribution in [0.15, 0.2) is 85.2 Å². The van der Waals surface area contributed by atoms with Gasteiger partial charge in [0.15, 0.2) is 0 Å². The quantitative estimate of drug-likeness (QED) is 0.412. The minimum atomic E-state index is -0.0503. The van der Waals surface area contributed by atoms with Gasteiger partial charge in [0.2, 0.25) is 5.91 Å². The van der Waals surface area contributed by atoms with E-state index < -0.39 is 0 Å². The Bertz CT molecular complexity index is 1210. The molecule has 0 atom stereocenters. The summed E-state index contributed by atoms with van der Waals surface area (Å²) >= 11 is 0. The van der Waals surface area contributed by atoms with Gasteiger partial charge in [-0.1, -0.05) is 48.5 Å². The molecule has 0 N–H and O–H groups in total. The Morgan fingerprint density at radius 3 is 2.61 bits per heavy atom. The van der Waals surface area contributed by atoms with Gasteiger partial charge < -0.3 is 9.64 Å². The summed E-state index contributed by atoms with van der Waals surface area (Å²) in [5.41, 5.74) is 3.17. The SMILES string of the molecule is COc1ccc2cc(CN(C)C(=O)/C=C/c3cnn(Cc4ccccc4)c3)ccc2c1. The third kappa shape index (κ3) is 5.20. The van der Waals surface area contributed by atoms with Gasteiger partial charge in [-0.15, -0.1) is 0 Å². The molecule has 1 amide bonds. The Hall–Kier alpha value is -3.86. The van der Waals surface area contributed by atoms with E-state index in [0.29, 0.717) is 13.1 Å². The lowest BCUT2D eigenvalue weighted by molar-refractivity contribution is -0.125. The molecule has 0 aliphatic carbocycles. The largest absolute Gasteiger partial charge is 0.497 e. The predicted octanol–water partition coefficient (Wildman–Crippen LogP) is 4.77. The second-order valence-electron chi connectivity index (χ2n) is 7.53. The zero-order chi connectivity index (χ0) is 21.6. The number of benzene rings is 3. The van der Waals surface area contributed by atoms with Crippen LogP contribution in [-0.4, -0.2) is 34.7 Å². The van der Waals surface area contributed by atoms with Crippen molar-refractivity contribution < 1.29 is 9.53 Å². The fourth-order valence-electron chi connectivity index (χ4n) is 3.47. The Morgan fingerprint density at radius 2 is 1.81 bits per heavy atom. The van der Waals surface area contributed by atoms with Crippen LogP contribution < -0.4 is 4.74 Å². The summed E-state index contributed by atoms with van der Waals surface area (Å²) < 4.78 is 7.14. The molecule has 1 aromatic heterocycles. The number of hydrogen-bond acceptors (Lipinski definition) is 3. The summed E-state index contributed by atoms with van der Waals surface area (Å²) in [4.78, 5) is 14.3. The zero-order valence-corrected chi connectivity index (χ0v) is 17.7. The van der Waals surface area contributed by atoms with Crippen molar-refractivity contribution in [3.05, 3.63) is 102 Å². The summed E-state index contributed by atoms with van der Waals surface area (Å²) in [7, 11) is 3.47. The fourth-order valence-corrected chi connectivity index (χ4v) is 3.47. The van der Waals surface area contributed by atoms with Gasteiger partial charge in [0, 0.05) is 31.4 Å². The number of aromatic nitrogens is 2. The standard InChI is InChI=1S/C26H25N3O2/c1-28(17-21-8-10-24-15-25(31-2)12-11-23(24)14-21)26(30)13-9-22-16-27-29(19-22)18-20-6-4-3-5-7-20/h3-16,19H,17-18H2,1-2H3/b13-9+. The van der Waals surface area contributed by atoms with E-state index in [-0.39, 0.29) is 5.91 Å². The number of hydrogen-bond donors (Lipinski definition) is 0. The first kappa shape index (κ1) is 20.4. The van der Waals surface area contributed by atoms with E-state index in [9.17, 15) is 4.79 Å². The first-order valence-corrected chi connectivity index (χ1v) is 10.2. The van der Waals surface area contributed by atoms with Crippen LogP contribution in [-0.2, 0) is 17.9 Å². The van der Waals surface area contributed by atoms with Gasteiger partial charge >= 0.3 is 0 Å². The molecule has 0 saturated heterocycles. The van der Waals surface area contributed by atoms with E-state index in [1.807, 2.05) is 60.4 Å². The van der Waals surface area contributed by atoms with Gasteiger partial charge in [0.1, 0.15) is 5.75 Å². The lowest BCUT2D eigenvalue weighted by Crippen LogP contribution is -2.24. The van der Waals surface area contributed by atoms with Crippen molar-refractivity contribution in [2.24, 2.45) is 0 Å². The van der Waals surface area contributed by atoms with Gasteiger partial charge in [-0.2, -0.15) is 5.10 Å². The second kappa shape index (κ2) is 9.30. The summed E-state index contributed by atoms with van der Waals surface area (Å²) in [5, 5.41) is 6.62. The maximum absolute atomic E-state index is 12.6. The van der Waals surface area contributed by atoms with Gasteiger partial charge in [-0.3, -0.25) is 9.48 Å². The summed E-state index contributed by atoms with van der Waals surface area (Å²) in [6.45, 7) is 1.24. The summed E-state index contributed by atoms with van der Waals surface area (Å²) in [5.74, 6) is 0.787. The third-order valence-electron chi connectivity index (χ3n) is 5.17. The second-order valence-corrected chi connectivity index (χ2v) is 7.53. The first-order chi connectivity index (χ1) is 15.1. The minimum Gasteiger partial charge on any atom is -0.497 e. The number of carbonyl (C=O) groups is 1. The highest BCUT2D eigenvalue weighted by Gasteiger charge is 2.07. The average Bonchev–Trinajstić information content (AvgIpc) is 3.24.